The topological polar surface area (TPSA) is 46.5 Å². The zero-order chi connectivity index (χ0) is 8.77. The van der Waals surface area contributed by atoms with Crippen LogP contribution in [-0.4, -0.2) is 29.2 Å². The molecule has 0 radical (unpaired) electrons. The van der Waals surface area contributed by atoms with Gasteiger partial charge in [0.2, 0.25) is 0 Å². The number of carbonyl (C=O) groups excluding carboxylic acids is 1. The summed E-state index contributed by atoms with van der Waals surface area (Å²) in [6, 6.07) is 0. The zero-order valence-corrected chi connectivity index (χ0v) is 6.99. The Morgan fingerprint density at radius 1 is 1.75 bits per heavy atom. The van der Waals surface area contributed by atoms with Crippen molar-refractivity contribution in [3.8, 4) is 0 Å². The van der Waals surface area contributed by atoms with Crippen molar-refractivity contribution in [2.75, 3.05) is 6.61 Å². The monoisotopic (exact) mass is 168 g/mol. The van der Waals surface area contributed by atoms with E-state index in [4.69, 9.17) is 4.74 Å². The Kier molecular flexibility index (Phi) is 1.59. The quantitative estimate of drug-likeness (QED) is 0.565. The van der Waals surface area contributed by atoms with Crippen LogP contribution in [-0.2, 0) is 9.53 Å². The molecule has 0 saturated carbocycles. The highest BCUT2D eigenvalue weighted by atomic mass is 16.5. The fraction of sp³-hybridized carbons (Fsp3) is 0.667. The highest BCUT2D eigenvalue weighted by Crippen LogP contribution is 2.36. The fourth-order valence-corrected chi connectivity index (χ4v) is 1.82. The van der Waals surface area contributed by atoms with E-state index >= 15 is 0 Å². The first-order valence-electron chi connectivity index (χ1n) is 4.19. The third kappa shape index (κ3) is 0.934. The smallest absolute Gasteiger partial charge is 0.158 e. The van der Waals surface area contributed by atoms with Crippen LogP contribution in [0.2, 0.25) is 0 Å². The Bertz CT molecular complexity index is 246. The van der Waals surface area contributed by atoms with E-state index in [-0.39, 0.29) is 17.8 Å². The van der Waals surface area contributed by atoms with Gasteiger partial charge in [0, 0.05) is 12.3 Å². The van der Waals surface area contributed by atoms with Crippen LogP contribution in [0.15, 0.2) is 12.2 Å². The van der Waals surface area contributed by atoms with Crippen LogP contribution in [0.25, 0.3) is 0 Å². The second-order valence-corrected chi connectivity index (χ2v) is 3.61. The molecule has 0 aromatic carbocycles. The molecule has 0 aromatic rings. The molecular formula is C9H12O3. The Balaban J connectivity index is 2.32. The molecule has 1 heterocycles. The lowest BCUT2D eigenvalue weighted by Crippen LogP contribution is -2.44. The van der Waals surface area contributed by atoms with E-state index in [0.29, 0.717) is 13.0 Å². The predicted molar refractivity (Wildman–Crippen MR) is 42.6 cm³/mol. The summed E-state index contributed by atoms with van der Waals surface area (Å²) in [5.74, 6) is 0.130. The molecule has 1 fully saturated rings. The van der Waals surface area contributed by atoms with Crippen LogP contribution in [0.4, 0.5) is 0 Å². The Hall–Kier alpha value is -0.670. The molecule has 0 bridgehead atoms. The lowest BCUT2D eigenvalue weighted by atomic mass is 9.81. The molecule has 66 valence electrons. The van der Waals surface area contributed by atoms with Gasteiger partial charge in [-0.25, -0.2) is 0 Å². The van der Waals surface area contributed by atoms with Crippen molar-refractivity contribution in [3.63, 3.8) is 0 Å². The lowest BCUT2D eigenvalue weighted by molar-refractivity contribution is -0.121. The number of carbonyl (C=O) groups is 1. The molecule has 0 aromatic heterocycles. The Morgan fingerprint density at radius 3 is 3.25 bits per heavy atom. The van der Waals surface area contributed by atoms with E-state index < -0.39 is 5.60 Å². The van der Waals surface area contributed by atoms with Crippen molar-refractivity contribution < 1.29 is 14.6 Å². The molecule has 0 amide bonds. The standard InChI is InChI=1S/C9H12O3/c1-6-5-12-8-4-7(10)2-3-9(6,8)11/h2-3,6,8,11H,4-5H2,1H3. The van der Waals surface area contributed by atoms with Gasteiger partial charge < -0.3 is 9.84 Å². The first-order valence-corrected chi connectivity index (χ1v) is 4.19. The van der Waals surface area contributed by atoms with Crippen molar-refractivity contribution in [3.05, 3.63) is 12.2 Å². The number of ether oxygens (including phenoxy) is 1. The highest BCUT2D eigenvalue weighted by molar-refractivity contribution is 5.91. The number of hydrogen-bond acceptors (Lipinski definition) is 3. The first kappa shape index (κ1) is 7.95. The van der Waals surface area contributed by atoms with E-state index in [2.05, 4.69) is 0 Å². The molecule has 2 rings (SSSR count). The zero-order valence-electron chi connectivity index (χ0n) is 6.99. The normalized spacial score (nSPS) is 46.3. The SMILES string of the molecule is CC1COC2CC(=O)C=CC12O. The van der Waals surface area contributed by atoms with Crippen molar-refractivity contribution in [2.45, 2.75) is 25.0 Å². The Morgan fingerprint density at radius 2 is 2.50 bits per heavy atom. The third-order valence-electron chi connectivity index (χ3n) is 2.78. The minimum atomic E-state index is -0.895. The van der Waals surface area contributed by atoms with E-state index in [0.717, 1.165) is 0 Å². The molecule has 3 unspecified atom stereocenters. The van der Waals surface area contributed by atoms with Gasteiger partial charge in [0.1, 0.15) is 5.60 Å². The number of hydrogen-bond donors (Lipinski definition) is 1. The summed E-state index contributed by atoms with van der Waals surface area (Å²) in [5, 5.41) is 10.0. The molecule has 0 spiro atoms. The second kappa shape index (κ2) is 2.41. The molecular weight excluding hydrogens is 156 g/mol. The first-order chi connectivity index (χ1) is 5.63. The molecule has 1 N–H and O–H groups in total. The van der Waals surface area contributed by atoms with Gasteiger partial charge in [0.15, 0.2) is 5.78 Å². The summed E-state index contributed by atoms with van der Waals surface area (Å²) in [5.41, 5.74) is -0.895. The summed E-state index contributed by atoms with van der Waals surface area (Å²) in [6.45, 7) is 2.47. The van der Waals surface area contributed by atoms with Crippen molar-refractivity contribution in [1.29, 1.82) is 0 Å². The molecule has 1 aliphatic carbocycles. The van der Waals surface area contributed by atoms with Gasteiger partial charge in [0.25, 0.3) is 0 Å². The summed E-state index contributed by atoms with van der Waals surface area (Å²) in [7, 11) is 0. The van der Waals surface area contributed by atoms with E-state index in [1.807, 2.05) is 6.92 Å². The molecule has 12 heavy (non-hydrogen) atoms. The fourth-order valence-electron chi connectivity index (χ4n) is 1.82. The van der Waals surface area contributed by atoms with Gasteiger partial charge in [-0.3, -0.25) is 4.79 Å². The average molecular weight is 168 g/mol. The number of ketones is 1. The minimum Gasteiger partial charge on any atom is -0.383 e. The third-order valence-corrected chi connectivity index (χ3v) is 2.78. The number of aliphatic hydroxyl groups is 1. The summed E-state index contributed by atoms with van der Waals surface area (Å²) in [4.78, 5) is 11.0. The van der Waals surface area contributed by atoms with Gasteiger partial charge in [-0.05, 0) is 12.2 Å². The summed E-state index contributed by atoms with van der Waals surface area (Å²) in [6.07, 6.45) is 3.05. The van der Waals surface area contributed by atoms with Crippen LogP contribution in [0.1, 0.15) is 13.3 Å². The predicted octanol–water partition coefficient (Wildman–Crippen LogP) is 0.281. The van der Waals surface area contributed by atoms with Crippen molar-refractivity contribution in [2.24, 2.45) is 5.92 Å². The lowest BCUT2D eigenvalue weighted by Gasteiger charge is -2.30. The molecule has 3 heteroatoms. The van der Waals surface area contributed by atoms with Crippen LogP contribution in [0, 0.1) is 5.92 Å². The van der Waals surface area contributed by atoms with Gasteiger partial charge in [-0.1, -0.05) is 6.92 Å². The van der Waals surface area contributed by atoms with Gasteiger partial charge in [0.05, 0.1) is 12.7 Å². The maximum Gasteiger partial charge on any atom is 0.158 e. The van der Waals surface area contributed by atoms with E-state index in [9.17, 15) is 9.90 Å². The molecule has 1 aliphatic heterocycles. The van der Waals surface area contributed by atoms with Gasteiger partial charge in [-0.2, -0.15) is 0 Å². The Labute approximate surface area is 71.0 Å². The number of allylic oxidation sites excluding steroid dienone is 1. The summed E-state index contributed by atoms with van der Waals surface area (Å²) < 4.78 is 5.32. The maximum absolute atomic E-state index is 11.0. The van der Waals surface area contributed by atoms with Crippen molar-refractivity contribution >= 4 is 5.78 Å². The van der Waals surface area contributed by atoms with E-state index in [1.165, 1.54) is 6.08 Å². The number of fused-ring (bicyclic) bond motifs is 1. The number of rotatable bonds is 0. The van der Waals surface area contributed by atoms with Crippen LogP contribution in [0.5, 0.6) is 0 Å². The van der Waals surface area contributed by atoms with Crippen LogP contribution >= 0.6 is 0 Å². The minimum absolute atomic E-state index is 0.0405. The average Bonchev–Trinajstić information content (AvgIpc) is 2.31. The summed E-state index contributed by atoms with van der Waals surface area (Å²) >= 11 is 0. The van der Waals surface area contributed by atoms with E-state index in [1.54, 1.807) is 6.08 Å². The second-order valence-electron chi connectivity index (χ2n) is 3.61. The molecule has 2 aliphatic rings. The maximum atomic E-state index is 11.0. The van der Waals surface area contributed by atoms with Crippen molar-refractivity contribution in [1.82, 2.24) is 0 Å². The molecule has 3 nitrogen and oxygen atoms in total. The van der Waals surface area contributed by atoms with Gasteiger partial charge >= 0.3 is 0 Å². The highest BCUT2D eigenvalue weighted by Gasteiger charge is 2.48. The molecule has 3 atom stereocenters. The van der Waals surface area contributed by atoms with Crippen LogP contribution in [0.3, 0.4) is 0 Å². The van der Waals surface area contributed by atoms with Gasteiger partial charge in [-0.15, -0.1) is 0 Å². The largest absolute Gasteiger partial charge is 0.383 e. The van der Waals surface area contributed by atoms with Crippen LogP contribution < -0.4 is 0 Å². The molecule has 1 saturated heterocycles.